The number of hydrogen-bond donors (Lipinski definition) is 0. The molecule has 0 unspecified atom stereocenters. The molecule has 0 amide bonds. The second-order valence-electron chi connectivity index (χ2n) is 4.94. The van der Waals surface area contributed by atoms with Gasteiger partial charge < -0.3 is 4.74 Å². The largest absolute Gasteiger partial charge is 0.486 e. The standard InChI is InChI=1S/C16H10BrClN4OS/c17-10-5-7-11(8-6-10)23-9-14-21-22-15(19-20-16(22)24-14)12-3-1-2-4-13(12)18/h1-8H,9H2. The lowest BCUT2D eigenvalue weighted by atomic mass is 10.2. The molecule has 0 aliphatic heterocycles. The van der Waals surface area contributed by atoms with Crippen LogP contribution in [-0.2, 0) is 6.61 Å². The summed E-state index contributed by atoms with van der Waals surface area (Å²) in [5, 5.41) is 14.3. The Kier molecular flexibility index (Phi) is 4.22. The molecule has 0 N–H and O–H groups in total. The van der Waals surface area contributed by atoms with Crippen LogP contribution >= 0.6 is 38.9 Å². The predicted molar refractivity (Wildman–Crippen MR) is 97.6 cm³/mol. The van der Waals surface area contributed by atoms with Gasteiger partial charge in [-0.05, 0) is 36.4 Å². The van der Waals surface area contributed by atoms with E-state index >= 15 is 0 Å². The molecule has 0 radical (unpaired) electrons. The SMILES string of the molecule is Clc1ccccc1-c1nnc2sc(COc3ccc(Br)cc3)nn12. The van der Waals surface area contributed by atoms with Crippen LogP contribution in [0.4, 0.5) is 0 Å². The average Bonchev–Trinajstić information content (AvgIpc) is 3.15. The highest BCUT2D eigenvalue weighted by Gasteiger charge is 2.15. The first kappa shape index (κ1) is 15.6. The molecule has 4 aromatic rings. The van der Waals surface area contributed by atoms with Gasteiger partial charge in [0.05, 0.1) is 5.02 Å². The highest BCUT2D eigenvalue weighted by Crippen LogP contribution is 2.28. The molecule has 0 atom stereocenters. The number of fused-ring (bicyclic) bond motifs is 1. The van der Waals surface area contributed by atoms with Gasteiger partial charge in [-0.15, -0.1) is 10.2 Å². The van der Waals surface area contributed by atoms with Gasteiger partial charge in [-0.3, -0.25) is 0 Å². The van der Waals surface area contributed by atoms with E-state index in [9.17, 15) is 0 Å². The van der Waals surface area contributed by atoms with Gasteiger partial charge >= 0.3 is 0 Å². The lowest BCUT2D eigenvalue weighted by Gasteiger charge is -2.03. The van der Waals surface area contributed by atoms with Gasteiger partial charge in [-0.2, -0.15) is 9.61 Å². The van der Waals surface area contributed by atoms with Crippen molar-refractivity contribution < 1.29 is 4.74 Å². The van der Waals surface area contributed by atoms with Crippen LogP contribution in [0, 0.1) is 0 Å². The number of halogens is 2. The van der Waals surface area contributed by atoms with Crippen molar-refractivity contribution >= 4 is 43.8 Å². The molecule has 4 rings (SSSR count). The minimum Gasteiger partial charge on any atom is -0.486 e. The molecule has 5 nitrogen and oxygen atoms in total. The maximum atomic E-state index is 6.24. The van der Waals surface area contributed by atoms with E-state index in [4.69, 9.17) is 16.3 Å². The van der Waals surface area contributed by atoms with E-state index in [0.29, 0.717) is 22.4 Å². The summed E-state index contributed by atoms with van der Waals surface area (Å²) < 4.78 is 8.47. The van der Waals surface area contributed by atoms with Gasteiger partial charge in [0, 0.05) is 10.0 Å². The molecule has 2 aromatic carbocycles. The first-order chi connectivity index (χ1) is 11.7. The molecule has 8 heteroatoms. The van der Waals surface area contributed by atoms with Gasteiger partial charge in [0.1, 0.15) is 12.4 Å². The van der Waals surface area contributed by atoms with Crippen molar-refractivity contribution in [3.05, 3.63) is 63.0 Å². The fourth-order valence-electron chi connectivity index (χ4n) is 2.20. The summed E-state index contributed by atoms with van der Waals surface area (Å²) in [5.74, 6) is 1.41. The van der Waals surface area contributed by atoms with Crippen LogP contribution in [0.15, 0.2) is 53.0 Å². The van der Waals surface area contributed by atoms with Crippen molar-refractivity contribution in [2.75, 3.05) is 0 Å². The highest BCUT2D eigenvalue weighted by atomic mass is 79.9. The normalized spacial score (nSPS) is 11.1. The van der Waals surface area contributed by atoms with E-state index < -0.39 is 0 Å². The summed E-state index contributed by atoms with van der Waals surface area (Å²) in [4.78, 5) is 0.708. The Morgan fingerprint density at radius 3 is 2.67 bits per heavy atom. The van der Waals surface area contributed by atoms with Crippen LogP contribution in [0.2, 0.25) is 5.02 Å². The first-order valence-corrected chi connectivity index (χ1v) is 9.04. The monoisotopic (exact) mass is 420 g/mol. The van der Waals surface area contributed by atoms with Crippen LogP contribution in [-0.4, -0.2) is 19.8 Å². The van der Waals surface area contributed by atoms with E-state index in [2.05, 4.69) is 31.2 Å². The molecule has 0 saturated heterocycles. The van der Waals surface area contributed by atoms with Crippen LogP contribution in [0.3, 0.4) is 0 Å². The predicted octanol–water partition coefficient (Wildman–Crippen LogP) is 4.85. The minimum atomic E-state index is 0.373. The van der Waals surface area contributed by atoms with Crippen LogP contribution < -0.4 is 4.74 Å². The van der Waals surface area contributed by atoms with Crippen LogP contribution in [0.25, 0.3) is 16.3 Å². The average molecular weight is 422 g/mol. The number of aromatic nitrogens is 4. The van der Waals surface area contributed by atoms with E-state index in [-0.39, 0.29) is 0 Å². The van der Waals surface area contributed by atoms with Crippen LogP contribution in [0.1, 0.15) is 5.01 Å². The molecule has 24 heavy (non-hydrogen) atoms. The third kappa shape index (κ3) is 3.02. The lowest BCUT2D eigenvalue weighted by molar-refractivity contribution is 0.304. The van der Waals surface area contributed by atoms with Gasteiger partial charge in [-0.1, -0.05) is 51.0 Å². The zero-order chi connectivity index (χ0) is 16.5. The number of hydrogen-bond acceptors (Lipinski definition) is 5. The van der Waals surface area contributed by atoms with Crippen molar-refractivity contribution in [1.29, 1.82) is 0 Å². The second kappa shape index (κ2) is 6.51. The van der Waals surface area contributed by atoms with Gasteiger partial charge in [0.25, 0.3) is 0 Å². The summed E-state index contributed by atoms with van der Waals surface area (Å²) in [7, 11) is 0. The molecule has 0 bridgehead atoms. The van der Waals surface area contributed by atoms with Crippen LogP contribution in [0.5, 0.6) is 5.75 Å². The molecule has 0 fully saturated rings. The quantitative estimate of drug-likeness (QED) is 0.473. The topological polar surface area (TPSA) is 52.3 Å². The zero-order valence-electron chi connectivity index (χ0n) is 12.2. The third-order valence-electron chi connectivity index (χ3n) is 3.32. The molecular formula is C16H10BrClN4OS. The van der Waals surface area contributed by atoms with Gasteiger partial charge in [0.15, 0.2) is 10.8 Å². The van der Waals surface area contributed by atoms with E-state index in [0.717, 1.165) is 20.8 Å². The van der Waals surface area contributed by atoms with Gasteiger partial charge in [-0.25, -0.2) is 0 Å². The Balaban J connectivity index is 1.60. The van der Waals surface area contributed by atoms with Gasteiger partial charge in [0.2, 0.25) is 4.96 Å². The fourth-order valence-corrected chi connectivity index (χ4v) is 3.43. The number of nitrogens with zero attached hydrogens (tertiary/aromatic N) is 4. The molecule has 0 aliphatic rings. The molecule has 120 valence electrons. The molecular weight excluding hydrogens is 412 g/mol. The van der Waals surface area contributed by atoms with Crippen molar-refractivity contribution in [3.63, 3.8) is 0 Å². The maximum absolute atomic E-state index is 6.24. The Morgan fingerprint density at radius 1 is 1.08 bits per heavy atom. The highest BCUT2D eigenvalue weighted by molar-refractivity contribution is 9.10. The maximum Gasteiger partial charge on any atom is 0.235 e. The summed E-state index contributed by atoms with van der Waals surface area (Å²) in [6.07, 6.45) is 0. The molecule has 0 saturated carbocycles. The van der Waals surface area contributed by atoms with Crippen molar-refractivity contribution in [3.8, 4) is 17.1 Å². The van der Waals surface area contributed by atoms with E-state index in [1.165, 1.54) is 11.3 Å². The lowest BCUT2D eigenvalue weighted by Crippen LogP contribution is -1.97. The Hall–Kier alpha value is -1.96. The van der Waals surface area contributed by atoms with E-state index in [1.807, 2.05) is 48.5 Å². The summed E-state index contributed by atoms with van der Waals surface area (Å²) in [5.41, 5.74) is 0.803. The van der Waals surface area contributed by atoms with Crippen molar-refractivity contribution in [2.45, 2.75) is 6.61 Å². The Morgan fingerprint density at radius 2 is 1.88 bits per heavy atom. The first-order valence-electron chi connectivity index (χ1n) is 7.05. The number of rotatable bonds is 4. The number of benzene rings is 2. The van der Waals surface area contributed by atoms with Crippen molar-refractivity contribution in [2.24, 2.45) is 0 Å². The summed E-state index contributed by atoms with van der Waals surface area (Å²) in [6, 6.07) is 15.2. The smallest absolute Gasteiger partial charge is 0.235 e. The Bertz CT molecular complexity index is 999. The molecule has 0 aliphatic carbocycles. The second-order valence-corrected chi connectivity index (χ2v) is 7.30. The Labute approximate surface area is 155 Å². The number of ether oxygens (including phenoxy) is 1. The summed E-state index contributed by atoms with van der Waals surface area (Å²) >= 11 is 11.1. The molecule has 2 heterocycles. The molecule has 0 spiro atoms. The minimum absolute atomic E-state index is 0.373. The summed E-state index contributed by atoms with van der Waals surface area (Å²) in [6.45, 7) is 0.373. The van der Waals surface area contributed by atoms with E-state index in [1.54, 1.807) is 4.52 Å². The molecule has 2 aromatic heterocycles. The third-order valence-corrected chi connectivity index (χ3v) is 5.05. The zero-order valence-corrected chi connectivity index (χ0v) is 15.3. The van der Waals surface area contributed by atoms with Crippen molar-refractivity contribution in [1.82, 2.24) is 19.8 Å². The fraction of sp³-hybridized carbons (Fsp3) is 0.0625.